The highest BCUT2D eigenvalue weighted by atomic mass is 19.2. The first-order valence-corrected chi connectivity index (χ1v) is 5.36. The van der Waals surface area contributed by atoms with E-state index in [1.807, 2.05) is 0 Å². The van der Waals surface area contributed by atoms with E-state index >= 15 is 0 Å². The number of halogens is 2. The predicted octanol–water partition coefficient (Wildman–Crippen LogP) is 2.29. The molecule has 0 radical (unpaired) electrons. The van der Waals surface area contributed by atoms with E-state index < -0.39 is 29.7 Å². The molecule has 0 saturated heterocycles. The molecule has 0 spiro atoms. The minimum Gasteiger partial charge on any atom is -0.461 e. The minimum absolute atomic E-state index is 0.268. The lowest BCUT2D eigenvalue weighted by Gasteiger charge is -2.32. The van der Waals surface area contributed by atoms with Crippen LogP contribution >= 0.6 is 0 Å². The molecule has 0 aromatic carbocycles. The number of hydrogen-bond acceptors (Lipinski definition) is 3. The van der Waals surface area contributed by atoms with Gasteiger partial charge in [-0.15, -0.1) is 0 Å². The summed E-state index contributed by atoms with van der Waals surface area (Å²) in [7, 11) is 0. The molecule has 1 N–H and O–H groups in total. The Morgan fingerprint density at radius 1 is 1.38 bits per heavy atom. The molecule has 3 atom stereocenters. The fraction of sp³-hybridized carbons (Fsp3) is 0.727. The van der Waals surface area contributed by atoms with Crippen molar-refractivity contribution in [2.24, 2.45) is 11.8 Å². The van der Waals surface area contributed by atoms with E-state index in [-0.39, 0.29) is 12.0 Å². The molecule has 2 unspecified atom stereocenters. The Balaban J connectivity index is 2.81. The molecule has 5 heteroatoms. The van der Waals surface area contributed by atoms with Crippen LogP contribution in [0.15, 0.2) is 11.8 Å². The van der Waals surface area contributed by atoms with E-state index in [9.17, 15) is 13.6 Å². The van der Waals surface area contributed by atoms with Crippen LogP contribution in [0.3, 0.4) is 0 Å². The minimum atomic E-state index is -1.06. The van der Waals surface area contributed by atoms with Gasteiger partial charge in [0.05, 0.1) is 6.10 Å². The van der Waals surface area contributed by atoms with Crippen LogP contribution in [-0.4, -0.2) is 18.1 Å². The van der Waals surface area contributed by atoms with Crippen LogP contribution in [0.4, 0.5) is 8.78 Å². The van der Waals surface area contributed by atoms with E-state index in [2.05, 4.69) is 5.32 Å². The van der Waals surface area contributed by atoms with E-state index in [1.165, 1.54) is 0 Å². The van der Waals surface area contributed by atoms with E-state index in [0.29, 0.717) is 0 Å². The summed E-state index contributed by atoms with van der Waals surface area (Å²) in [5.74, 6) is -3.40. The summed E-state index contributed by atoms with van der Waals surface area (Å²) in [5, 5.41) is 2.21. The average Bonchev–Trinajstić information content (AvgIpc) is 2.19. The van der Waals surface area contributed by atoms with Gasteiger partial charge in [0.25, 0.3) is 0 Å². The van der Waals surface area contributed by atoms with Crippen molar-refractivity contribution >= 4 is 5.97 Å². The molecule has 92 valence electrons. The molecule has 0 aromatic heterocycles. The monoisotopic (exact) mass is 233 g/mol. The van der Waals surface area contributed by atoms with Crippen molar-refractivity contribution in [2.75, 3.05) is 0 Å². The van der Waals surface area contributed by atoms with Gasteiger partial charge in [0.1, 0.15) is 6.04 Å². The van der Waals surface area contributed by atoms with E-state index in [0.717, 1.165) is 0 Å². The van der Waals surface area contributed by atoms with Gasteiger partial charge in [-0.05, 0) is 19.8 Å². The zero-order valence-electron chi connectivity index (χ0n) is 9.88. The topological polar surface area (TPSA) is 38.3 Å². The molecular formula is C11H17F2NO2. The van der Waals surface area contributed by atoms with Crippen LogP contribution in [0, 0.1) is 11.8 Å². The third-order valence-corrected chi connectivity index (χ3v) is 2.81. The molecule has 1 rings (SSSR count). The molecule has 1 heterocycles. The Labute approximate surface area is 93.8 Å². The maximum absolute atomic E-state index is 13.2. The highest BCUT2D eigenvalue weighted by Gasteiger charge is 2.38. The van der Waals surface area contributed by atoms with Crippen molar-refractivity contribution in [3.05, 3.63) is 11.8 Å². The van der Waals surface area contributed by atoms with Crippen molar-refractivity contribution in [1.29, 1.82) is 0 Å². The van der Waals surface area contributed by atoms with Gasteiger partial charge in [0.15, 0.2) is 5.83 Å². The summed E-state index contributed by atoms with van der Waals surface area (Å²) in [6.45, 7) is 6.66. The van der Waals surface area contributed by atoms with Crippen molar-refractivity contribution in [3.8, 4) is 0 Å². The highest BCUT2D eigenvalue weighted by Crippen LogP contribution is 2.31. The molecule has 0 amide bonds. The summed E-state index contributed by atoms with van der Waals surface area (Å²) in [6, 6.07) is -0.822. The number of rotatable bonds is 2. The van der Waals surface area contributed by atoms with Gasteiger partial charge >= 0.3 is 5.97 Å². The first-order valence-electron chi connectivity index (χ1n) is 5.36. The van der Waals surface area contributed by atoms with Gasteiger partial charge in [-0.3, -0.25) is 0 Å². The molecule has 16 heavy (non-hydrogen) atoms. The molecule has 0 aromatic rings. The predicted molar refractivity (Wildman–Crippen MR) is 55.7 cm³/mol. The normalized spacial score (nSPS) is 30.3. The van der Waals surface area contributed by atoms with Crippen molar-refractivity contribution in [1.82, 2.24) is 5.32 Å². The summed E-state index contributed by atoms with van der Waals surface area (Å²) in [4.78, 5) is 11.6. The largest absolute Gasteiger partial charge is 0.461 e. The molecule has 1 aliphatic heterocycles. The molecule has 0 bridgehead atoms. The number of carbonyl (C=O) groups excluding carboxylic acids is 1. The lowest BCUT2D eigenvalue weighted by atomic mass is 9.85. The summed E-state index contributed by atoms with van der Waals surface area (Å²) >= 11 is 0. The van der Waals surface area contributed by atoms with E-state index in [1.54, 1.807) is 27.7 Å². The molecule has 0 aliphatic carbocycles. The number of nitrogens with one attached hydrogen (secondary N) is 1. The van der Waals surface area contributed by atoms with Gasteiger partial charge in [0, 0.05) is 5.92 Å². The maximum Gasteiger partial charge on any atom is 0.329 e. The van der Waals surface area contributed by atoms with Crippen LogP contribution in [0.2, 0.25) is 0 Å². The third-order valence-electron chi connectivity index (χ3n) is 2.81. The standard InChI is InChI=1S/C11H17F2NO2/c1-5(2)16-11(15)9-7(4)6(3)8(12)10(13)14-9/h5-7,9,14H,1-4H3/t6?,7-,9?/m0/s1. The van der Waals surface area contributed by atoms with Crippen molar-refractivity contribution in [3.63, 3.8) is 0 Å². The summed E-state index contributed by atoms with van der Waals surface area (Å²) in [6.07, 6.45) is -0.268. The van der Waals surface area contributed by atoms with Gasteiger partial charge in [0.2, 0.25) is 5.95 Å². The second-order valence-corrected chi connectivity index (χ2v) is 4.42. The summed E-state index contributed by atoms with van der Waals surface area (Å²) in [5.41, 5.74) is 0. The van der Waals surface area contributed by atoms with E-state index in [4.69, 9.17) is 4.74 Å². The lowest BCUT2D eigenvalue weighted by molar-refractivity contribution is -0.152. The summed E-state index contributed by atoms with van der Waals surface area (Å²) < 4.78 is 31.3. The van der Waals surface area contributed by atoms with Crippen LogP contribution in [0.25, 0.3) is 0 Å². The number of hydrogen-bond donors (Lipinski definition) is 1. The number of ether oxygens (including phenoxy) is 1. The molecule has 3 nitrogen and oxygen atoms in total. The second kappa shape index (κ2) is 4.80. The van der Waals surface area contributed by atoms with Crippen LogP contribution in [0.1, 0.15) is 27.7 Å². The first kappa shape index (κ1) is 12.9. The zero-order chi connectivity index (χ0) is 12.5. The van der Waals surface area contributed by atoms with Gasteiger partial charge in [-0.2, -0.15) is 4.39 Å². The Hall–Kier alpha value is -1.13. The SMILES string of the molecule is CC(C)OC(=O)C1NC(F)=C(F)C(C)[C@@H]1C. The van der Waals surface area contributed by atoms with Crippen LogP contribution < -0.4 is 5.32 Å². The smallest absolute Gasteiger partial charge is 0.329 e. The van der Waals surface area contributed by atoms with Crippen LogP contribution in [-0.2, 0) is 9.53 Å². The van der Waals surface area contributed by atoms with Gasteiger partial charge in [-0.25, -0.2) is 9.18 Å². The Kier molecular flexibility index (Phi) is 3.88. The Bertz CT molecular complexity index is 315. The Morgan fingerprint density at radius 2 is 1.94 bits per heavy atom. The Morgan fingerprint density at radius 3 is 2.44 bits per heavy atom. The fourth-order valence-corrected chi connectivity index (χ4v) is 1.64. The van der Waals surface area contributed by atoms with Gasteiger partial charge in [-0.1, -0.05) is 13.8 Å². The molecule has 1 aliphatic rings. The zero-order valence-corrected chi connectivity index (χ0v) is 9.88. The lowest BCUT2D eigenvalue weighted by Crippen LogP contribution is -2.48. The highest BCUT2D eigenvalue weighted by molar-refractivity contribution is 5.77. The first-order chi connectivity index (χ1) is 7.34. The molecule has 0 saturated carbocycles. The van der Waals surface area contributed by atoms with Crippen LogP contribution in [0.5, 0.6) is 0 Å². The number of carbonyl (C=O) groups is 1. The second-order valence-electron chi connectivity index (χ2n) is 4.42. The quantitative estimate of drug-likeness (QED) is 0.587. The van der Waals surface area contributed by atoms with Crippen molar-refractivity contribution < 1.29 is 18.3 Å². The molecular weight excluding hydrogens is 216 g/mol. The third kappa shape index (κ3) is 2.51. The number of esters is 1. The molecule has 0 fully saturated rings. The average molecular weight is 233 g/mol. The maximum atomic E-state index is 13.2. The fourth-order valence-electron chi connectivity index (χ4n) is 1.64. The number of allylic oxidation sites excluding steroid dienone is 1. The van der Waals surface area contributed by atoms with Gasteiger partial charge < -0.3 is 10.1 Å². The van der Waals surface area contributed by atoms with Crippen molar-refractivity contribution in [2.45, 2.75) is 39.8 Å².